The van der Waals surface area contributed by atoms with Gasteiger partial charge < -0.3 is 15.4 Å². The van der Waals surface area contributed by atoms with Crippen LogP contribution in [0.3, 0.4) is 0 Å². The smallest absolute Gasteiger partial charge is 0.281 e. The van der Waals surface area contributed by atoms with Crippen molar-refractivity contribution in [3.8, 4) is 17.0 Å². The second kappa shape index (κ2) is 10.9. The van der Waals surface area contributed by atoms with Crippen LogP contribution >= 0.6 is 0 Å². The van der Waals surface area contributed by atoms with Crippen LogP contribution < -0.4 is 20.1 Å². The zero-order valence-corrected chi connectivity index (χ0v) is 22.6. The fraction of sp³-hybridized carbons (Fsp3) is 0.370. The van der Waals surface area contributed by atoms with Gasteiger partial charge in [0, 0.05) is 26.6 Å². The Morgan fingerprint density at radius 2 is 1.87 bits per heavy atom. The van der Waals surface area contributed by atoms with Crippen molar-refractivity contribution >= 4 is 27.6 Å². The van der Waals surface area contributed by atoms with E-state index in [2.05, 4.69) is 9.71 Å². The van der Waals surface area contributed by atoms with Crippen LogP contribution in [0.1, 0.15) is 53.7 Å². The maximum Gasteiger partial charge on any atom is 0.281 e. The number of benzene rings is 1. The van der Waals surface area contributed by atoms with Gasteiger partial charge in [-0.25, -0.2) is 19.1 Å². The zero-order valence-electron chi connectivity index (χ0n) is 21.8. The van der Waals surface area contributed by atoms with Crippen LogP contribution in [0.4, 0.5) is 16.0 Å². The number of carbonyl (C=O) groups excluding carboxylic acids is 1. The molecule has 0 spiro atoms. The molecule has 1 aromatic carbocycles. The highest BCUT2D eigenvalue weighted by atomic mass is 32.2. The average molecular weight is 546 g/mol. The number of rotatable bonds is 8. The Balaban J connectivity index is 0.00000280. The summed E-state index contributed by atoms with van der Waals surface area (Å²) in [5.74, 6) is -0.353. The molecule has 1 aliphatic heterocycles. The van der Waals surface area contributed by atoms with E-state index >= 15 is 0 Å². The Hall–Kier alpha value is -3.73. The number of nitrogens with one attached hydrogen (secondary N) is 1. The first-order valence-corrected chi connectivity index (χ1v) is 14.0. The quantitative estimate of drug-likeness (QED) is 0.410. The minimum atomic E-state index is -4.29. The molecule has 38 heavy (non-hydrogen) atoms. The number of nitrogens with zero attached hydrogens (tertiary/aromatic N) is 3. The first kappa shape index (κ1) is 27.3. The van der Waals surface area contributed by atoms with Crippen LogP contribution in [0.2, 0.25) is 0 Å². The number of hydrogen-bond acceptors (Lipinski definition) is 8. The first-order chi connectivity index (χ1) is 17.9. The highest BCUT2D eigenvalue weighted by Crippen LogP contribution is 2.34. The van der Waals surface area contributed by atoms with E-state index in [1.807, 2.05) is 32.6 Å². The summed E-state index contributed by atoms with van der Waals surface area (Å²) >= 11 is 0. The molecule has 0 saturated carbocycles. The summed E-state index contributed by atoms with van der Waals surface area (Å²) in [4.78, 5) is 23.9. The predicted molar refractivity (Wildman–Crippen MR) is 148 cm³/mol. The van der Waals surface area contributed by atoms with Crippen molar-refractivity contribution in [2.75, 3.05) is 17.2 Å². The lowest BCUT2D eigenvalue weighted by Crippen LogP contribution is -2.37. The number of aromatic nitrogens is 2. The maximum absolute atomic E-state index is 14.5. The molecule has 0 unspecified atom stereocenters. The van der Waals surface area contributed by atoms with Gasteiger partial charge in [-0.05, 0) is 69.0 Å². The lowest BCUT2D eigenvalue weighted by atomic mass is 10.1. The van der Waals surface area contributed by atoms with Gasteiger partial charge in [0.1, 0.15) is 23.2 Å². The van der Waals surface area contributed by atoms with Crippen molar-refractivity contribution < 1.29 is 25.2 Å². The number of halogens is 1. The van der Waals surface area contributed by atoms with E-state index in [9.17, 15) is 17.6 Å². The summed E-state index contributed by atoms with van der Waals surface area (Å²) < 4.78 is 48.0. The molecule has 3 aromatic rings. The number of nitrogens with two attached hydrogens (primary N) is 1. The van der Waals surface area contributed by atoms with Gasteiger partial charge in [0.2, 0.25) is 0 Å². The fourth-order valence-electron chi connectivity index (χ4n) is 4.46. The Bertz CT molecular complexity index is 1450. The third kappa shape index (κ3) is 6.04. The molecule has 11 heteroatoms. The molecule has 0 radical (unpaired) electrons. The number of nitrogen functional groups attached to an aromatic ring is 1. The molecule has 1 amide bonds. The molecule has 1 fully saturated rings. The van der Waals surface area contributed by atoms with Gasteiger partial charge in [-0.1, -0.05) is 19.9 Å². The fourth-order valence-corrected chi connectivity index (χ4v) is 5.40. The monoisotopic (exact) mass is 545 g/mol. The van der Waals surface area contributed by atoms with Gasteiger partial charge in [-0.2, -0.15) is 8.42 Å². The zero-order chi connectivity index (χ0) is 27.6. The Morgan fingerprint density at radius 3 is 2.53 bits per heavy atom. The number of amides is 1. The summed E-state index contributed by atoms with van der Waals surface area (Å²) in [6, 6.07) is 11.7. The SMILES string of the molecule is CC(C)COc1cc(F)cc(-c2ccc(C(=O)NS(=O)(=O)c3cccc(N)n3)c(N3[C@H](C)CC[C@@H]3C)n2)c1.[HH].[HH]. The van der Waals surface area contributed by atoms with Gasteiger partial charge >= 0.3 is 0 Å². The molecule has 2 atom stereocenters. The van der Waals surface area contributed by atoms with Crippen molar-refractivity contribution in [1.82, 2.24) is 14.7 Å². The third-order valence-corrected chi connectivity index (χ3v) is 7.55. The highest BCUT2D eigenvalue weighted by molar-refractivity contribution is 7.90. The molecular weight excluding hydrogens is 509 g/mol. The summed E-state index contributed by atoms with van der Waals surface area (Å²) in [6.45, 7) is 8.47. The summed E-state index contributed by atoms with van der Waals surface area (Å²) in [5.41, 5.74) is 6.61. The van der Waals surface area contributed by atoms with Gasteiger partial charge in [0.05, 0.1) is 17.9 Å². The van der Waals surface area contributed by atoms with Crippen LogP contribution in [0, 0.1) is 11.7 Å². The number of sulfonamides is 1. The van der Waals surface area contributed by atoms with Crippen LogP contribution in [0.25, 0.3) is 11.3 Å². The molecule has 3 heterocycles. The van der Waals surface area contributed by atoms with Crippen molar-refractivity contribution in [2.45, 2.75) is 57.6 Å². The van der Waals surface area contributed by atoms with Gasteiger partial charge in [-0.3, -0.25) is 4.79 Å². The standard InChI is InChI=1S/C27H32FN5O4S.2H2/c1-16(2)15-37-21-13-19(12-20(28)14-21)23-11-10-22(26(30-23)33-17(3)8-9-18(33)4)27(34)32-38(35,36)25-7-5-6-24(29)31-25;;/h5-7,10-14,16-18H,8-9,15H2,1-4H3,(H2,29,31)(H,32,34);2*1H/t17-,18+;;. The summed E-state index contributed by atoms with van der Waals surface area (Å²) in [7, 11) is -4.29. The van der Waals surface area contributed by atoms with Crippen molar-refractivity contribution in [3.63, 3.8) is 0 Å². The van der Waals surface area contributed by atoms with Crippen molar-refractivity contribution in [2.24, 2.45) is 5.92 Å². The molecule has 0 bridgehead atoms. The van der Waals surface area contributed by atoms with Crippen LogP contribution in [-0.4, -0.2) is 43.0 Å². The van der Waals surface area contributed by atoms with E-state index in [4.69, 9.17) is 15.5 Å². The molecule has 0 aliphatic carbocycles. The molecule has 2 aromatic heterocycles. The van der Waals surface area contributed by atoms with Crippen LogP contribution in [0.5, 0.6) is 5.75 Å². The van der Waals surface area contributed by atoms with Crippen molar-refractivity contribution in [1.29, 1.82) is 0 Å². The molecule has 1 saturated heterocycles. The molecule has 4 rings (SSSR count). The maximum atomic E-state index is 14.5. The van der Waals surface area contributed by atoms with E-state index in [1.165, 1.54) is 36.4 Å². The molecule has 9 nitrogen and oxygen atoms in total. The average Bonchev–Trinajstić information content (AvgIpc) is 3.19. The Labute approximate surface area is 225 Å². The number of hydrogen-bond donors (Lipinski definition) is 2. The predicted octanol–water partition coefficient (Wildman–Crippen LogP) is 4.89. The molecule has 3 N–H and O–H groups in total. The lowest BCUT2D eigenvalue weighted by molar-refractivity contribution is 0.0981. The van der Waals surface area contributed by atoms with Gasteiger partial charge in [-0.15, -0.1) is 0 Å². The topological polar surface area (TPSA) is 128 Å². The number of anilines is 2. The van der Waals surface area contributed by atoms with E-state index < -0.39 is 21.7 Å². The summed E-state index contributed by atoms with van der Waals surface area (Å²) in [5, 5.41) is -0.367. The number of carbonyl (C=O) groups is 1. The van der Waals surface area contributed by atoms with Crippen LogP contribution in [-0.2, 0) is 10.0 Å². The van der Waals surface area contributed by atoms with E-state index in [-0.39, 0.29) is 37.3 Å². The Morgan fingerprint density at radius 1 is 1.16 bits per heavy atom. The van der Waals surface area contributed by atoms with Crippen LogP contribution in [0.15, 0.2) is 53.6 Å². The minimum absolute atomic E-state index is 0. The first-order valence-electron chi connectivity index (χ1n) is 12.5. The van der Waals surface area contributed by atoms with Crippen molar-refractivity contribution in [3.05, 3.63) is 59.9 Å². The van der Waals surface area contributed by atoms with Gasteiger partial charge in [0.25, 0.3) is 15.9 Å². The van der Waals surface area contributed by atoms with Gasteiger partial charge in [0.15, 0.2) is 5.03 Å². The van der Waals surface area contributed by atoms with E-state index in [0.29, 0.717) is 29.4 Å². The third-order valence-electron chi connectivity index (χ3n) is 6.31. The molecule has 206 valence electrons. The normalized spacial score (nSPS) is 17.6. The second-order valence-electron chi connectivity index (χ2n) is 9.97. The number of pyridine rings is 2. The Kier molecular flexibility index (Phi) is 7.86. The lowest BCUT2D eigenvalue weighted by Gasteiger charge is -2.29. The van der Waals surface area contributed by atoms with E-state index in [1.54, 1.807) is 12.1 Å². The summed E-state index contributed by atoms with van der Waals surface area (Å²) in [6.07, 6.45) is 1.76. The second-order valence-corrected chi connectivity index (χ2v) is 11.6. The highest BCUT2D eigenvalue weighted by Gasteiger charge is 2.33. The number of ether oxygens (including phenoxy) is 1. The largest absolute Gasteiger partial charge is 0.493 e. The molecule has 1 aliphatic rings. The van der Waals surface area contributed by atoms with E-state index in [0.717, 1.165) is 12.8 Å². The minimum Gasteiger partial charge on any atom is -0.493 e. The molecular formula is C27H36FN5O4S.